The van der Waals surface area contributed by atoms with Gasteiger partial charge >= 0.3 is 0 Å². The van der Waals surface area contributed by atoms with Gasteiger partial charge in [0.25, 0.3) is 0 Å². The average Bonchev–Trinajstić information content (AvgIpc) is 2.68. The van der Waals surface area contributed by atoms with Gasteiger partial charge in [0.15, 0.2) is 9.84 Å². The Labute approximate surface area is 120 Å². The molecule has 1 aliphatic rings. The van der Waals surface area contributed by atoms with Gasteiger partial charge in [-0.25, -0.2) is 16.8 Å². The molecule has 0 unspecified atom stereocenters. The molecule has 1 fully saturated rings. The van der Waals surface area contributed by atoms with Gasteiger partial charge in [-0.1, -0.05) is 17.7 Å². The summed E-state index contributed by atoms with van der Waals surface area (Å²) in [5.41, 5.74) is 1.67. The number of aryl methyl sites for hydroxylation is 2. The van der Waals surface area contributed by atoms with Crippen molar-refractivity contribution in [3.8, 4) is 0 Å². The quantitative estimate of drug-likeness (QED) is 0.837. The summed E-state index contributed by atoms with van der Waals surface area (Å²) in [6.45, 7) is 3.65. The number of sulfonamides is 1. The molecule has 1 heterocycles. The standard InChI is InChI=1S/C13H19NO4S2/c1-10-4-5-13(11(2)8-10)20(17,18)14(3)12-6-7-19(15,16)9-12/h4-5,8,12H,6-7,9H2,1-3H3/t12-/m1/s1. The molecule has 0 amide bonds. The Kier molecular flexibility index (Phi) is 3.96. The summed E-state index contributed by atoms with van der Waals surface area (Å²) in [6, 6.07) is 4.68. The summed E-state index contributed by atoms with van der Waals surface area (Å²) in [6.07, 6.45) is 0.364. The monoisotopic (exact) mass is 317 g/mol. The van der Waals surface area contributed by atoms with Crippen molar-refractivity contribution < 1.29 is 16.8 Å². The van der Waals surface area contributed by atoms with E-state index in [-0.39, 0.29) is 16.4 Å². The Morgan fingerprint density at radius 2 is 1.90 bits per heavy atom. The minimum atomic E-state index is -3.65. The highest BCUT2D eigenvalue weighted by molar-refractivity contribution is 7.92. The number of benzene rings is 1. The molecule has 1 aromatic carbocycles. The van der Waals surface area contributed by atoms with E-state index < -0.39 is 25.9 Å². The number of hydrogen-bond donors (Lipinski definition) is 0. The Bertz CT molecular complexity index is 723. The number of nitrogens with zero attached hydrogens (tertiary/aromatic N) is 1. The zero-order valence-electron chi connectivity index (χ0n) is 11.8. The second-order valence-electron chi connectivity index (χ2n) is 5.35. The summed E-state index contributed by atoms with van der Waals surface area (Å²) in [5, 5.41) is 0. The van der Waals surface area contributed by atoms with E-state index in [0.29, 0.717) is 12.0 Å². The summed E-state index contributed by atoms with van der Waals surface area (Å²) in [5.74, 6) is -0.0297. The van der Waals surface area contributed by atoms with Crippen LogP contribution in [0, 0.1) is 13.8 Å². The smallest absolute Gasteiger partial charge is 0.229 e. The highest BCUT2D eigenvalue weighted by Gasteiger charge is 2.36. The molecular weight excluding hydrogens is 298 g/mol. The van der Waals surface area contributed by atoms with Gasteiger partial charge in [-0.2, -0.15) is 4.31 Å². The molecule has 0 radical (unpaired) electrons. The van der Waals surface area contributed by atoms with E-state index >= 15 is 0 Å². The first-order valence-corrected chi connectivity index (χ1v) is 9.65. The van der Waals surface area contributed by atoms with Crippen LogP contribution in [0.4, 0.5) is 0 Å². The lowest BCUT2D eigenvalue weighted by atomic mass is 10.2. The van der Waals surface area contributed by atoms with Gasteiger partial charge in [-0.05, 0) is 31.9 Å². The van der Waals surface area contributed by atoms with E-state index in [9.17, 15) is 16.8 Å². The molecule has 0 spiro atoms. The first kappa shape index (κ1) is 15.5. The van der Waals surface area contributed by atoms with Crippen molar-refractivity contribution in [1.82, 2.24) is 4.31 Å². The SMILES string of the molecule is Cc1ccc(S(=O)(=O)N(C)[C@@H]2CCS(=O)(=O)C2)c(C)c1. The van der Waals surface area contributed by atoms with Crippen molar-refractivity contribution >= 4 is 19.9 Å². The molecule has 2 rings (SSSR count). The predicted molar refractivity (Wildman–Crippen MR) is 77.9 cm³/mol. The van der Waals surface area contributed by atoms with Crippen molar-refractivity contribution in [3.05, 3.63) is 29.3 Å². The first-order chi connectivity index (χ1) is 9.13. The van der Waals surface area contributed by atoms with Crippen LogP contribution in [0.1, 0.15) is 17.5 Å². The Morgan fingerprint density at radius 3 is 2.40 bits per heavy atom. The summed E-state index contributed by atoms with van der Waals surface area (Å²) >= 11 is 0. The van der Waals surface area contributed by atoms with Crippen molar-refractivity contribution in [2.45, 2.75) is 31.2 Å². The van der Waals surface area contributed by atoms with Gasteiger partial charge in [-0.15, -0.1) is 0 Å². The zero-order chi connectivity index (χ0) is 15.1. The van der Waals surface area contributed by atoms with Crippen molar-refractivity contribution in [2.75, 3.05) is 18.6 Å². The predicted octanol–water partition coefficient (Wildman–Crippen LogP) is 1.11. The van der Waals surface area contributed by atoms with Gasteiger partial charge in [0.1, 0.15) is 0 Å². The molecular formula is C13H19NO4S2. The van der Waals surface area contributed by atoms with Crippen LogP contribution in [0.2, 0.25) is 0 Å². The molecule has 112 valence electrons. The lowest BCUT2D eigenvalue weighted by molar-refractivity contribution is 0.393. The van der Waals surface area contributed by atoms with Crippen LogP contribution >= 0.6 is 0 Å². The third-order valence-corrected chi connectivity index (χ3v) is 7.53. The second-order valence-corrected chi connectivity index (χ2v) is 9.54. The summed E-state index contributed by atoms with van der Waals surface area (Å²) in [7, 11) is -5.30. The molecule has 0 saturated carbocycles. The second kappa shape index (κ2) is 5.13. The van der Waals surface area contributed by atoms with Crippen molar-refractivity contribution in [2.24, 2.45) is 0 Å². The molecule has 1 saturated heterocycles. The molecule has 0 bridgehead atoms. The van der Waals surface area contributed by atoms with Crippen molar-refractivity contribution in [1.29, 1.82) is 0 Å². The molecule has 5 nitrogen and oxygen atoms in total. The van der Waals surface area contributed by atoms with E-state index in [2.05, 4.69) is 0 Å². The Balaban J connectivity index is 2.35. The molecule has 0 aliphatic carbocycles. The molecule has 0 N–H and O–H groups in total. The van der Waals surface area contributed by atoms with E-state index in [1.807, 2.05) is 13.0 Å². The molecule has 0 aromatic heterocycles. The van der Waals surface area contributed by atoms with Crippen molar-refractivity contribution in [3.63, 3.8) is 0 Å². The minimum absolute atomic E-state index is 0.0599. The Morgan fingerprint density at radius 1 is 1.25 bits per heavy atom. The van der Waals surface area contributed by atoms with Gasteiger partial charge in [0, 0.05) is 13.1 Å². The van der Waals surface area contributed by atoms with Gasteiger partial charge in [0.2, 0.25) is 10.0 Å². The maximum absolute atomic E-state index is 12.6. The highest BCUT2D eigenvalue weighted by Crippen LogP contribution is 2.25. The highest BCUT2D eigenvalue weighted by atomic mass is 32.2. The number of sulfone groups is 1. The maximum atomic E-state index is 12.6. The topological polar surface area (TPSA) is 71.5 Å². The fourth-order valence-corrected chi connectivity index (χ4v) is 5.96. The minimum Gasteiger partial charge on any atom is -0.229 e. The van der Waals surface area contributed by atoms with Crippen LogP contribution in [0.25, 0.3) is 0 Å². The van der Waals surface area contributed by atoms with E-state index in [1.54, 1.807) is 19.1 Å². The number of rotatable bonds is 3. The molecule has 20 heavy (non-hydrogen) atoms. The van der Waals surface area contributed by atoms with Crippen LogP contribution in [-0.4, -0.2) is 45.7 Å². The fourth-order valence-electron chi connectivity index (χ4n) is 2.50. The van der Waals surface area contributed by atoms with E-state index in [1.165, 1.54) is 11.4 Å². The summed E-state index contributed by atoms with van der Waals surface area (Å²) < 4.78 is 49.4. The van der Waals surface area contributed by atoms with Gasteiger partial charge < -0.3 is 0 Å². The number of hydrogen-bond acceptors (Lipinski definition) is 4. The van der Waals surface area contributed by atoms with E-state index in [0.717, 1.165) is 5.56 Å². The van der Waals surface area contributed by atoms with Crippen LogP contribution in [0.5, 0.6) is 0 Å². The zero-order valence-corrected chi connectivity index (χ0v) is 13.5. The largest absolute Gasteiger partial charge is 0.243 e. The molecule has 1 atom stereocenters. The van der Waals surface area contributed by atoms with Crippen LogP contribution < -0.4 is 0 Å². The first-order valence-electron chi connectivity index (χ1n) is 6.39. The van der Waals surface area contributed by atoms with Crippen LogP contribution in [0.15, 0.2) is 23.1 Å². The normalized spacial score (nSPS) is 22.3. The van der Waals surface area contributed by atoms with E-state index in [4.69, 9.17) is 0 Å². The lowest BCUT2D eigenvalue weighted by Crippen LogP contribution is -2.38. The molecule has 1 aromatic rings. The Hall–Kier alpha value is -0.920. The van der Waals surface area contributed by atoms with Gasteiger partial charge in [0.05, 0.1) is 16.4 Å². The van der Waals surface area contributed by atoms with Crippen LogP contribution in [-0.2, 0) is 19.9 Å². The third-order valence-electron chi connectivity index (χ3n) is 3.71. The molecule has 7 heteroatoms. The third kappa shape index (κ3) is 2.89. The lowest BCUT2D eigenvalue weighted by Gasteiger charge is -2.23. The van der Waals surface area contributed by atoms with Gasteiger partial charge in [-0.3, -0.25) is 0 Å². The average molecular weight is 317 g/mol. The maximum Gasteiger partial charge on any atom is 0.243 e. The summed E-state index contributed by atoms with van der Waals surface area (Å²) in [4.78, 5) is 0.245. The fraction of sp³-hybridized carbons (Fsp3) is 0.538. The van der Waals surface area contributed by atoms with Crippen LogP contribution in [0.3, 0.4) is 0 Å². The molecule has 1 aliphatic heterocycles.